The normalized spacial score (nSPS) is 13.0. The molecule has 2 heterocycles. The first-order valence-corrected chi connectivity index (χ1v) is 17.4. The summed E-state index contributed by atoms with van der Waals surface area (Å²) in [6.45, 7) is 0. The van der Waals surface area contributed by atoms with E-state index in [1.54, 1.807) is 0 Å². The molecule has 0 N–H and O–H groups in total. The van der Waals surface area contributed by atoms with Crippen LogP contribution < -0.4 is 0 Å². The minimum Gasteiger partial charge on any atom is -0.460 e. The Morgan fingerprint density at radius 1 is 0.440 bits per heavy atom. The van der Waals surface area contributed by atoms with Crippen LogP contribution in [-0.2, 0) is 6.42 Å². The third-order valence-electron chi connectivity index (χ3n) is 10.7. The molecule has 2 heteroatoms. The lowest BCUT2D eigenvalue weighted by Gasteiger charge is -2.18. The third-order valence-corrected chi connectivity index (χ3v) is 10.7. The predicted molar refractivity (Wildman–Crippen MR) is 210 cm³/mol. The van der Waals surface area contributed by atoms with Crippen molar-refractivity contribution in [2.45, 2.75) is 12.8 Å². The van der Waals surface area contributed by atoms with E-state index in [0.717, 1.165) is 62.6 Å². The standard InChI is InChI=1S/C48H30O2/c1-2-17-32-29(13-1)14-12-24-33(32)30-15-11-16-31(27-30)44-35-19-3-5-21-37(35)45(38-22-6-4-20-36(38)44)41-28-40-34-18-7-9-25-42(34)49-47(40)46-39-23-8-10-26-43(39)50-48(41)46/h1-9,11-25,27-28H,10,26H2. The summed E-state index contributed by atoms with van der Waals surface area (Å²) in [5.41, 5.74) is 11.0. The molecule has 8 aromatic carbocycles. The Morgan fingerprint density at radius 3 is 1.88 bits per heavy atom. The molecule has 0 aliphatic heterocycles. The molecule has 0 radical (unpaired) electrons. The third kappa shape index (κ3) is 3.90. The molecule has 0 unspecified atom stereocenters. The molecule has 0 spiro atoms. The largest absolute Gasteiger partial charge is 0.460 e. The van der Waals surface area contributed by atoms with Gasteiger partial charge in [-0.15, -0.1) is 0 Å². The van der Waals surface area contributed by atoms with Crippen molar-refractivity contribution in [3.05, 3.63) is 163 Å². The Balaban J connectivity index is 1.25. The molecule has 2 nitrogen and oxygen atoms in total. The summed E-state index contributed by atoms with van der Waals surface area (Å²) in [5, 5.41) is 10.7. The predicted octanol–water partition coefficient (Wildman–Crippen LogP) is 13.8. The summed E-state index contributed by atoms with van der Waals surface area (Å²) in [6, 6.07) is 52.8. The van der Waals surface area contributed by atoms with Crippen LogP contribution in [0.15, 0.2) is 161 Å². The van der Waals surface area contributed by atoms with Gasteiger partial charge in [0.1, 0.15) is 22.5 Å². The summed E-state index contributed by atoms with van der Waals surface area (Å²) in [5.74, 6) is 1.03. The lowest BCUT2D eigenvalue weighted by molar-refractivity contribution is 0.547. The van der Waals surface area contributed by atoms with Crippen LogP contribution in [-0.4, -0.2) is 0 Å². The van der Waals surface area contributed by atoms with Gasteiger partial charge in [0, 0.05) is 33.9 Å². The van der Waals surface area contributed by atoms with E-state index in [0.29, 0.717) is 0 Å². The molecule has 10 aromatic rings. The van der Waals surface area contributed by atoms with Gasteiger partial charge in [0.2, 0.25) is 0 Å². The number of hydrogen-bond acceptors (Lipinski definition) is 2. The highest BCUT2D eigenvalue weighted by Gasteiger charge is 2.26. The van der Waals surface area contributed by atoms with Crippen molar-refractivity contribution < 1.29 is 8.83 Å². The summed E-state index contributed by atoms with van der Waals surface area (Å²) < 4.78 is 13.5. The minimum absolute atomic E-state index is 0.884. The van der Waals surface area contributed by atoms with Gasteiger partial charge >= 0.3 is 0 Å². The topological polar surface area (TPSA) is 26.3 Å². The Kier molecular flexibility index (Phi) is 5.82. The van der Waals surface area contributed by atoms with Crippen molar-refractivity contribution in [2.24, 2.45) is 0 Å². The highest BCUT2D eigenvalue weighted by molar-refractivity contribution is 6.27. The van der Waals surface area contributed by atoms with Crippen molar-refractivity contribution in [3.8, 4) is 33.4 Å². The first-order valence-electron chi connectivity index (χ1n) is 17.4. The SMILES string of the molecule is C1=Cc2c(oc3c(-c4c5ccccc5c(-c5cccc(-c6cccc7ccccc67)c5)c5ccccc45)cc4c5ccccc5oc4c23)CC1. The van der Waals surface area contributed by atoms with E-state index >= 15 is 0 Å². The number of fused-ring (bicyclic) bond motifs is 10. The van der Waals surface area contributed by atoms with Crippen LogP contribution in [0.2, 0.25) is 0 Å². The number of para-hydroxylation sites is 1. The first-order chi connectivity index (χ1) is 24.8. The maximum atomic E-state index is 6.88. The van der Waals surface area contributed by atoms with Crippen molar-refractivity contribution in [2.75, 3.05) is 0 Å². The van der Waals surface area contributed by atoms with Gasteiger partial charge in [-0.2, -0.15) is 0 Å². The Bertz CT molecular complexity index is 2980. The van der Waals surface area contributed by atoms with Crippen LogP contribution in [0.3, 0.4) is 0 Å². The molecular weight excluding hydrogens is 609 g/mol. The highest BCUT2D eigenvalue weighted by atomic mass is 16.3. The van der Waals surface area contributed by atoms with Crippen molar-refractivity contribution in [3.63, 3.8) is 0 Å². The molecule has 1 aliphatic rings. The van der Waals surface area contributed by atoms with Crippen molar-refractivity contribution in [1.82, 2.24) is 0 Å². The van der Waals surface area contributed by atoms with E-state index in [1.807, 2.05) is 6.07 Å². The van der Waals surface area contributed by atoms with E-state index in [9.17, 15) is 0 Å². The van der Waals surface area contributed by atoms with Crippen LogP contribution in [0.5, 0.6) is 0 Å². The van der Waals surface area contributed by atoms with Gasteiger partial charge in [-0.1, -0.05) is 140 Å². The fraction of sp³-hybridized carbons (Fsp3) is 0.0417. The molecule has 0 amide bonds. The summed E-state index contributed by atoms with van der Waals surface area (Å²) in [6.07, 6.45) is 6.34. The monoisotopic (exact) mass is 638 g/mol. The van der Waals surface area contributed by atoms with Crippen molar-refractivity contribution >= 4 is 71.3 Å². The molecule has 11 rings (SSSR count). The molecule has 0 atom stereocenters. The smallest absolute Gasteiger partial charge is 0.147 e. The maximum absolute atomic E-state index is 6.88. The van der Waals surface area contributed by atoms with E-state index < -0.39 is 0 Å². The molecule has 234 valence electrons. The number of benzene rings is 8. The molecule has 0 bridgehead atoms. The van der Waals surface area contributed by atoms with Crippen LogP contribution in [0.1, 0.15) is 17.7 Å². The number of hydrogen-bond donors (Lipinski definition) is 0. The zero-order valence-electron chi connectivity index (χ0n) is 27.2. The summed E-state index contributed by atoms with van der Waals surface area (Å²) in [7, 11) is 0. The molecule has 0 fully saturated rings. The van der Waals surface area contributed by atoms with E-state index in [2.05, 4.69) is 152 Å². The second-order valence-corrected chi connectivity index (χ2v) is 13.4. The zero-order chi connectivity index (χ0) is 32.8. The average Bonchev–Trinajstić information content (AvgIpc) is 3.75. The maximum Gasteiger partial charge on any atom is 0.147 e. The van der Waals surface area contributed by atoms with E-state index in [4.69, 9.17) is 8.83 Å². The van der Waals surface area contributed by atoms with Gasteiger partial charge in [0.15, 0.2) is 0 Å². The average molecular weight is 639 g/mol. The number of aryl methyl sites for hydroxylation is 1. The summed E-state index contributed by atoms with van der Waals surface area (Å²) in [4.78, 5) is 0. The molecule has 2 aromatic heterocycles. The quantitative estimate of drug-likeness (QED) is 0.180. The minimum atomic E-state index is 0.884. The number of furan rings is 2. The first kappa shape index (κ1) is 27.6. The van der Waals surface area contributed by atoms with Crippen molar-refractivity contribution in [1.29, 1.82) is 0 Å². The molecule has 0 saturated carbocycles. The number of allylic oxidation sites excluding steroid dienone is 1. The van der Waals surface area contributed by atoms with Gasteiger partial charge in [0.25, 0.3) is 0 Å². The van der Waals surface area contributed by atoms with Crippen LogP contribution in [0, 0.1) is 0 Å². The van der Waals surface area contributed by atoms with Gasteiger partial charge in [-0.3, -0.25) is 0 Å². The Morgan fingerprint density at radius 2 is 1.08 bits per heavy atom. The van der Waals surface area contributed by atoms with E-state index in [1.165, 1.54) is 60.1 Å². The van der Waals surface area contributed by atoms with E-state index in [-0.39, 0.29) is 0 Å². The van der Waals surface area contributed by atoms with Gasteiger partial charge in [0.05, 0.1) is 5.39 Å². The van der Waals surface area contributed by atoms with Gasteiger partial charge in [-0.05, 0) is 79.2 Å². The molecule has 0 saturated heterocycles. The molecule has 50 heavy (non-hydrogen) atoms. The zero-order valence-corrected chi connectivity index (χ0v) is 27.2. The van der Waals surface area contributed by atoms with Crippen LogP contribution >= 0.6 is 0 Å². The summed E-state index contributed by atoms with van der Waals surface area (Å²) >= 11 is 0. The lowest BCUT2D eigenvalue weighted by atomic mass is 9.84. The highest BCUT2D eigenvalue weighted by Crippen LogP contribution is 2.50. The fourth-order valence-electron chi connectivity index (χ4n) is 8.52. The van der Waals surface area contributed by atoms with Crippen LogP contribution in [0.4, 0.5) is 0 Å². The second kappa shape index (κ2) is 10.6. The van der Waals surface area contributed by atoms with Gasteiger partial charge in [-0.25, -0.2) is 0 Å². The molecular formula is C48H30O2. The molecule has 1 aliphatic carbocycles. The second-order valence-electron chi connectivity index (χ2n) is 13.4. The van der Waals surface area contributed by atoms with Gasteiger partial charge < -0.3 is 8.83 Å². The number of rotatable bonds is 3. The Labute approximate surface area is 288 Å². The Hall–Kier alpha value is -6.38. The van der Waals surface area contributed by atoms with Crippen LogP contribution in [0.25, 0.3) is 105 Å². The fourth-order valence-corrected chi connectivity index (χ4v) is 8.52. The lowest BCUT2D eigenvalue weighted by Crippen LogP contribution is -1.92.